The summed E-state index contributed by atoms with van der Waals surface area (Å²) in [6, 6.07) is 18.7. The van der Waals surface area contributed by atoms with E-state index in [4.69, 9.17) is 14.2 Å². The van der Waals surface area contributed by atoms with Crippen LogP contribution in [0.25, 0.3) is 0 Å². The summed E-state index contributed by atoms with van der Waals surface area (Å²) in [6.45, 7) is 10.7. The fourth-order valence-electron chi connectivity index (χ4n) is 6.29. The van der Waals surface area contributed by atoms with Gasteiger partial charge in [-0.25, -0.2) is 0 Å². The fourth-order valence-corrected chi connectivity index (χ4v) is 6.29. The number of hydrogen-bond acceptors (Lipinski definition) is 6. The van der Waals surface area contributed by atoms with Crippen molar-refractivity contribution in [2.45, 2.75) is 65.2 Å². The molecule has 0 aromatic heterocycles. The lowest BCUT2D eigenvalue weighted by Crippen LogP contribution is -2.35. The highest BCUT2D eigenvalue weighted by Crippen LogP contribution is 2.48. The summed E-state index contributed by atoms with van der Waals surface area (Å²) in [5.41, 5.74) is 4.68. The zero-order chi connectivity index (χ0) is 30.0. The molecule has 1 fully saturated rings. The molecule has 2 heterocycles. The second-order valence-electron chi connectivity index (χ2n) is 11.4. The van der Waals surface area contributed by atoms with Gasteiger partial charge in [0.2, 0.25) is 11.7 Å². The minimum absolute atomic E-state index is 0.0525. The van der Waals surface area contributed by atoms with E-state index >= 15 is 0 Å². The van der Waals surface area contributed by atoms with E-state index < -0.39 is 23.7 Å². The summed E-state index contributed by atoms with van der Waals surface area (Å²) in [4.78, 5) is 28.6. The molecule has 0 radical (unpaired) electrons. The number of aliphatic carboxylic acids is 1. The van der Waals surface area contributed by atoms with Crippen LogP contribution in [0.2, 0.25) is 0 Å². The van der Waals surface area contributed by atoms with Gasteiger partial charge < -0.3 is 24.6 Å². The number of benzene rings is 3. The highest BCUT2D eigenvalue weighted by atomic mass is 16.7. The second kappa shape index (κ2) is 12.1. The largest absolute Gasteiger partial charge is 0.494 e. The minimum Gasteiger partial charge on any atom is -0.494 e. The Hall–Kier alpha value is -4.04. The number of fused-ring (bicyclic) bond motifs is 1. The quantitative estimate of drug-likeness (QED) is 0.299. The van der Waals surface area contributed by atoms with Crippen LogP contribution in [-0.4, -0.2) is 47.4 Å². The first kappa shape index (κ1) is 29.5. The maximum Gasteiger partial charge on any atom is 0.309 e. The van der Waals surface area contributed by atoms with Gasteiger partial charge >= 0.3 is 5.97 Å². The zero-order valence-corrected chi connectivity index (χ0v) is 25.0. The van der Waals surface area contributed by atoms with Crippen molar-refractivity contribution in [2.24, 2.45) is 5.92 Å². The average Bonchev–Trinajstić information content (AvgIpc) is 3.49. The Kier molecular flexibility index (Phi) is 8.45. The predicted octanol–water partition coefficient (Wildman–Crippen LogP) is 6.20. The third kappa shape index (κ3) is 5.95. The Morgan fingerprint density at radius 3 is 2.21 bits per heavy atom. The molecule has 0 bridgehead atoms. The maximum absolute atomic E-state index is 13.6. The van der Waals surface area contributed by atoms with E-state index in [0.29, 0.717) is 30.4 Å². The summed E-state index contributed by atoms with van der Waals surface area (Å²) < 4.78 is 17.5. The lowest BCUT2D eigenvalue weighted by molar-refractivity contribution is -0.143. The number of likely N-dealkylation sites (tertiary alicyclic amines) is 1. The number of carbonyl (C=O) groups excluding carboxylic acids is 1. The van der Waals surface area contributed by atoms with Gasteiger partial charge in [0, 0.05) is 38.0 Å². The number of amides is 1. The highest BCUT2D eigenvalue weighted by Gasteiger charge is 2.48. The molecule has 0 saturated carbocycles. The topological polar surface area (TPSA) is 97.3 Å². The van der Waals surface area contributed by atoms with Gasteiger partial charge in [0.25, 0.3) is 0 Å². The van der Waals surface area contributed by atoms with Crippen molar-refractivity contribution in [3.8, 4) is 17.2 Å². The molecule has 8 heteroatoms. The Morgan fingerprint density at radius 2 is 1.60 bits per heavy atom. The predicted molar refractivity (Wildman–Crippen MR) is 161 cm³/mol. The van der Waals surface area contributed by atoms with Crippen LogP contribution in [-0.2, 0) is 22.4 Å². The first-order valence-electron chi connectivity index (χ1n) is 14.8. The highest BCUT2D eigenvalue weighted by molar-refractivity contribution is 5.94. The van der Waals surface area contributed by atoms with Crippen molar-refractivity contribution in [3.05, 3.63) is 82.9 Å². The van der Waals surface area contributed by atoms with Crippen LogP contribution < -0.4 is 19.5 Å². The van der Waals surface area contributed by atoms with E-state index in [1.54, 1.807) is 0 Å². The summed E-state index contributed by atoms with van der Waals surface area (Å²) in [5.74, 6) is -1.09. The number of hydrogen-bond donors (Lipinski definition) is 2. The zero-order valence-electron chi connectivity index (χ0n) is 25.0. The molecule has 2 aliphatic rings. The van der Waals surface area contributed by atoms with Crippen molar-refractivity contribution >= 4 is 17.6 Å². The molecule has 3 aromatic carbocycles. The van der Waals surface area contributed by atoms with Gasteiger partial charge in [0.1, 0.15) is 5.75 Å². The van der Waals surface area contributed by atoms with Crippen molar-refractivity contribution in [1.29, 1.82) is 0 Å². The van der Waals surface area contributed by atoms with Crippen molar-refractivity contribution in [2.75, 3.05) is 25.0 Å². The van der Waals surface area contributed by atoms with Crippen LogP contribution in [0, 0.1) is 5.92 Å². The molecule has 2 aliphatic heterocycles. The van der Waals surface area contributed by atoms with Crippen LogP contribution in [0.1, 0.15) is 68.8 Å². The molecule has 2 N–H and O–H groups in total. The molecule has 1 amide bonds. The van der Waals surface area contributed by atoms with Crippen molar-refractivity contribution in [1.82, 2.24) is 4.90 Å². The van der Waals surface area contributed by atoms with Crippen molar-refractivity contribution < 1.29 is 28.9 Å². The number of carboxylic acids is 1. The molecule has 0 spiro atoms. The summed E-state index contributed by atoms with van der Waals surface area (Å²) in [6.07, 6.45) is 1.60. The van der Waals surface area contributed by atoms with Crippen LogP contribution in [0.5, 0.6) is 17.2 Å². The molecule has 42 heavy (non-hydrogen) atoms. The van der Waals surface area contributed by atoms with Gasteiger partial charge in [-0.2, -0.15) is 0 Å². The number of para-hydroxylation sites is 1. The normalized spacial score (nSPS) is 20.8. The van der Waals surface area contributed by atoms with Gasteiger partial charge in [0.15, 0.2) is 11.5 Å². The van der Waals surface area contributed by atoms with Crippen molar-refractivity contribution in [3.63, 3.8) is 0 Å². The number of aryl methyl sites for hydroxylation is 2. The Bertz CT molecular complexity index is 1430. The molecular weight excluding hydrogens is 532 g/mol. The van der Waals surface area contributed by atoms with E-state index in [-0.39, 0.29) is 18.4 Å². The summed E-state index contributed by atoms with van der Waals surface area (Å²) in [5, 5.41) is 13.8. The van der Waals surface area contributed by atoms with Crippen LogP contribution >= 0.6 is 0 Å². The van der Waals surface area contributed by atoms with Gasteiger partial charge in [-0.05, 0) is 66.3 Å². The molecule has 5 rings (SSSR count). The molecule has 0 unspecified atom stereocenters. The number of nitrogens with zero attached hydrogens (tertiary/aromatic N) is 1. The number of rotatable bonds is 10. The van der Waals surface area contributed by atoms with E-state index in [0.717, 1.165) is 40.8 Å². The van der Waals surface area contributed by atoms with Gasteiger partial charge in [-0.1, -0.05) is 50.2 Å². The van der Waals surface area contributed by atoms with Crippen LogP contribution in [0.15, 0.2) is 60.7 Å². The van der Waals surface area contributed by atoms with E-state index in [1.165, 1.54) is 0 Å². The minimum atomic E-state index is -0.913. The number of carbonyl (C=O) groups is 2. The fraction of sp³-hybridized carbons (Fsp3) is 0.412. The lowest BCUT2D eigenvalue weighted by Gasteiger charge is -2.27. The molecule has 1 saturated heterocycles. The summed E-state index contributed by atoms with van der Waals surface area (Å²) >= 11 is 0. The second-order valence-corrected chi connectivity index (χ2v) is 11.4. The maximum atomic E-state index is 13.6. The number of nitrogens with one attached hydrogen (secondary N) is 1. The molecular formula is C34H40N2O6. The van der Waals surface area contributed by atoms with Gasteiger partial charge in [0.05, 0.1) is 19.1 Å². The smallest absolute Gasteiger partial charge is 0.309 e. The Balaban J connectivity index is 1.49. The standard InChI is InChI=1S/C34H40N2O6/c1-6-21-10-9-11-22(7-2)31(21)35-29(37)20-36-19-26(24-14-17-27-28(18-24)42-34(4,5)41-27)30(33(38)39)32(36)23-12-15-25(16-13-23)40-8-3/h9-18,26,30,32H,6-8,19-20H2,1-5H3,(H,35,37)(H,38,39)/t26-,30-,32+/m1/s1. The first-order chi connectivity index (χ1) is 20.1. The van der Waals surface area contributed by atoms with E-state index in [9.17, 15) is 14.7 Å². The third-order valence-electron chi connectivity index (χ3n) is 8.13. The van der Waals surface area contributed by atoms with Crippen LogP contribution in [0.4, 0.5) is 5.69 Å². The Morgan fingerprint density at radius 1 is 0.952 bits per heavy atom. The molecule has 3 aromatic rings. The molecule has 3 atom stereocenters. The molecule has 0 aliphatic carbocycles. The van der Waals surface area contributed by atoms with Crippen LogP contribution in [0.3, 0.4) is 0 Å². The molecule has 222 valence electrons. The number of carboxylic acid groups (broad SMARTS) is 1. The monoisotopic (exact) mass is 572 g/mol. The SMILES string of the molecule is CCOc1ccc([C@H]2[C@H](C(=O)O)[C@@H](c3ccc4c(c3)OC(C)(C)O4)CN2CC(=O)Nc2c(CC)cccc2CC)cc1. The van der Waals surface area contributed by atoms with E-state index in [1.807, 2.05) is 86.3 Å². The molecule has 8 nitrogen and oxygen atoms in total. The Labute approximate surface area is 247 Å². The lowest BCUT2D eigenvalue weighted by atomic mass is 9.82. The summed E-state index contributed by atoms with van der Waals surface area (Å²) in [7, 11) is 0. The number of anilines is 1. The first-order valence-corrected chi connectivity index (χ1v) is 14.8. The van der Waals surface area contributed by atoms with Gasteiger partial charge in [-0.15, -0.1) is 0 Å². The third-order valence-corrected chi connectivity index (χ3v) is 8.13. The number of ether oxygens (including phenoxy) is 3. The van der Waals surface area contributed by atoms with E-state index in [2.05, 4.69) is 19.2 Å². The van der Waals surface area contributed by atoms with Gasteiger partial charge in [-0.3, -0.25) is 14.5 Å². The average molecular weight is 573 g/mol.